The largest absolute Gasteiger partial charge is 0.271 e. The Bertz CT molecular complexity index is 404. The first-order valence-corrected chi connectivity index (χ1v) is 7.67. The van der Waals surface area contributed by atoms with Crippen molar-refractivity contribution in [1.29, 1.82) is 0 Å². The van der Waals surface area contributed by atoms with E-state index in [2.05, 4.69) is 57.0 Å². The van der Waals surface area contributed by atoms with Crippen LogP contribution in [0, 0.1) is 0 Å². The highest BCUT2D eigenvalue weighted by Gasteiger charge is 2.21. The Morgan fingerprint density at radius 1 is 1.20 bits per heavy atom. The molecular weight excluding hydrogens is 244 g/mol. The minimum Gasteiger partial charge on any atom is -0.271 e. The van der Waals surface area contributed by atoms with E-state index in [-0.39, 0.29) is 11.5 Å². The van der Waals surface area contributed by atoms with E-state index in [1.54, 1.807) is 0 Å². The number of nitrogens with two attached hydrogens (primary N) is 1. The quantitative estimate of drug-likeness (QED) is 0.314. The molecule has 2 heteroatoms. The van der Waals surface area contributed by atoms with E-state index in [1.165, 1.54) is 30.4 Å². The fourth-order valence-electron chi connectivity index (χ4n) is 2.63. The maximum Gasteiger partial charge on any atom is 0.0462 e. The fourth-order valence-corrected chi connectivity index (χ4v) is 2.63. The van der Waals surface area contributed by atoms with Crippen LogP contribution >= 0.6 is 0 Å². The second-order valence-electron chi connectivity index (χ2n) is 6.48. The van der Waals surface area contributed by atoms with Crippen LogP contribution < -0.4 is 11.3 Å². The lowest BCUT2D eigenvalue weighted by molar-refractivity contribution is 0.469. The van der Waals surface area contributed by atoms with E-state index in [9.17, 15) is 0 Å². The minimum atomic E-state index is 0.147. The van der Waals surface area contributed by atoms with Gasteiger partial charge in [-0.05, 0) is 35.8 Å². The molecule has 1 unspecified atom stereocenters. The summed E-state index contributed by atoms with van der Waals surface area (Å²) < 4.78 is 0. The number of hydrogen-bond acceptors (Lipinski definition) is 2. The number of nitrogens with one attached hydrogen (secondary N) is 1. The number of unbranched alkanes of at least 4 members (excludes halogenated alkanes) is 3. The van der Waals surface area contributed by atoms with Crippen LogP contribution in [0.15, 0.2) is 36.9 Å². The van der Waals surface area contributed by atoms with Gasteiger partial charge >= 0.3 is 0 Å². The van der Waals surface area contributed by atoms with E-state index in [1.807, 2.05) is 6.08 Å². The molecule has 0 radical (unpaired) electrons. The molecule has 0 heterocycles. The van der Waals surface area contributed by atoms with Gasteiger partial charge in [-0.25, -0.2) is 0 Å². The number of hydrogen-bond donors (Lipinski definition) is 2. The molecule has 112 valence electrons. The van der Waals surface area contributed by atoms with Gasteiger partial charge in [-0.2, -0.15) is 0 Å². The number of rotatable bonds is 8. The highest BCUT2D eigenvalue weighted by Crippen LogP contribution is 2.31. The van der Waals surface area contributed by atoms with E-state index < -0.39 is 0 Å². The zero-order chi connectivity index (χ0) is 15.0. The molecule has 1 aromatic rings. The van der Waals surface area contributed by atoms with E-state index in [0.717, 1.165) is 12.8 Å². The summed E-state index contributed by atoms with van der Waals surface area (Å²) in [6, 6.07) is 8.88. The standard InChI is InChI=1S/C18H30N2/c1-5-6-7-8-9-14-17(20-19)15-12-10-11-13-16(15)18(2,3)4/h5,10-13,17,20H,1,6-9,14,19H2,2-4H3. The fraction of sp³-hybridized carbons (Fsp3) is 0.556. The van der Waals surface area contributed by atoms with Gasteiger partial charge in [0.1, 0.15) is 0 Å². The van der Waals surface area contributed by atoms with Gasteiger partial charge in [0.2, 0.25) is 0 Å². The van der Waals surface area contributed by atoms with Crippen molar-refractivity contribution in [2.24, 2.45) is 5.84 Å². The second-order valence-corrected chi connectivity index (χ2v) is 6.48. The van der Waals surface area contributed by atoms with Crippen LogP contribution in [-0.2, 0) is 5.41 Å². The van der Waals surface area contributed by atoms with Crippen LogP contribution in [0.4, 0.5) is 0 Å². The van der Waals surface area contributed by atoms with Crippen LogP contribution in [0.3, 0.4) is 0 Å². The molecule has 0 saturated carbocycles. The average Bonchev–Trinajstić information content (AvgIpc) is 2.42. The van der Waals surface area contributed by atoms with E-state index >= 15 is 0 Å². The Balaban J connectivity index is 2.72. The van der Waals surface area contributed by atoms with Crippen molar-refractivity contribution >= 4 is 0 Å². The average molecular weight is 274 g/mol. The number of benzene rings is 1. The van der Waals surface area contributed by atoms with E-state index in [4.69, 9.17) is 5.84 Å². The molecule has 1 rings (SSSR count). The molecule has 1 atom stereocenters. The van der Waals surface area contributed by atoms with Gasteiger partial charge in [0.05, 0.1) is 0 Å². The van der Waals surface area contributed by atoms with Crippen LogP contribution in [0.25, 0.3) is 0 Å². The van der Waals surface area contributed by atoms with Crippen LogP contribution in [0.1, 0.15) is 70.0 Å². The van der Waals surface area contributed by atoms with Gasteiger partial charge in [-0.1, -0.05) is 64.0 Å². The van der Waals surface area contributed by atoms with Gasteiger partial charge in [0, 0.05) is 6.04 Å². The van der Waals surface area contributed by atoms with Crippen molar-refractivity contribution in [3.05, 3.63) is 48.0 Å². The third-order valence-corrected chi connectivity index (χ3v) is 3.75. The number of allylic oxidation sites excluding steroid dienone is 1. The lowest BCUT2D eigenvalue weighted by Crippen LogP contribution is -2.30. The smallest absolute Gasteiger partial charge is 0.0462 e. The van der Waals surface area contributed by atoms with Crippen molar-refractivity contribution in [3.63, 3.8) is 0 Å². The van der Waals surface area contributed by atoms with Crippen LogP contribution in [0.2, 0.25) is 0 Å². The highest BCUT2D eigenvalue weighted by atomic mass is 15.2. The number of hydrazine groups is 1. The normalized spacial score (nSPS) is 13.2. The summed E-state index contributed by atoms with van der Waals surface area (Å²) in [6.45, 7) is 10.5. The zero-order valence-electron chi connectivity index (χ0n) is 13.3. The minimum absolute atomic E-state index is 0.147. The third-order valence-electron chi connectivity index (χ3n) is 3.75. The molecule has 0 aliphatic rings. The molecule has 0 saturated heterocycles. The summed E-state index contributed by atoms with van der Waals surface area (Å²) in [5.41, 5.74) is 5.87. The molecular formula is C18H30N2. The molecule has 0 aliphatic carbocycles. The molecule has 0 fully saturated rings. The van der Waals surface area contributed by atoms with Crippen molar-refractivity contribution in [2.75, 3.05) is 0 Å². The molecule has 0 bridgehead atoms. The Morgan fingerprint density at radius 2 is 1.90 bits per heavy atom. The van der Waals surface area contributed by atoms with Gasteiger partial charge in [0.25, 0.3) is 0 Å². The molecule has 0 aromatic heterocycles. The first kappa shape index (κ1) is 16.9. The lowest BCUT2D eigenvalue weighted by atomic mass is 9.81. The SMILES string of the molecule is C=CCCCCCC(NN)c1ccccc1C(C)(C)C. The first-order chi connectivity index (χ1) is 9.50. The van der Waals surface area contributed by atoms with E-state index in [0.29, 0.717) is 0 Å². The molecule has 3 N–H and O–H groups in total. The highest BCUT2D eigenvalue weighted by molar-refractivity contribution is 5.35. The Morgan fingerprint density at radius 3 is 2.50 bits per heavy atom. The summed E-state index contributed by atoms with van der Waals surface area (Å²) in [7, 11) is 0. The molecule has 2 nitrogen and oxygen atoms in total. The maximum atomic E-state index is 5.79. The van der Waals surface area contributed by atoms with Crippen LogP contribution in [-0.4, -0.2) is 0 Å². The predicted octanol–water partition coefficient (Wildman–Crippen LogP) is 4.63. The molecule has 1 aromatic carbocycles. The molecule has 0 amide bonds. The topological polar surface area (TPSA) is 38.0 Å². The van der Waals surface area contributed by atoms with Crippen molar-refractivity contribution in [2.45, 2.75) is 64.3 Å². The monoisotopic (exact) mass is 274 g/mol. The zero-order valence-corrected chi connectivity index (χ0v) is 13.3. The molecule has 0 aliphatic heterocycles. The molecule has 0 spiro atoms. The van der Waals surface area contributed by atoms with Gasteiger partial charge < -0.3 is 0 Å². The van der Waals surface area contributed by atoms with Gasteiger partial charge in [-0.15, -0.1) is 6.58 Å². The lowest BCUT2D eigenvalue weighted by Gasteiger charge is -2.27. The van der Waals surface area contributed by atoms with Crippen molar-refractivity contribution in [1.82, 2.24) is 5.43 Å². The Kier molecular flexibility index (Phi) is 6.97. The Labute approximate surface area is 124 Å². The summed E-state index contributed by atoms with van der Waals surface area (Å²) in [5.74, 6) is 5.79. The van der Waals surface area contributed by atoms with Crippen molar-refractivity contribution in [3.8, 4) is 0 Å². The predicted molar refractivity (Wildman–Crippen MR) is 88.5 cm³/mol. The van der Waals surface area contributed by atoms with Gasteiger partial charge in [0.15, 0.2) is 0 Å². The second kappa shape index (κ2) is 8.23. The Hall–Kier alpha value is -1.12. The summed E-state index contributed by atoms with van der Waals surface area (Å²) in [4.78, 5) is 0. The molecule has 20 heavy (non-hydrogen) atoms. The summed E-state index contributed by atoms with van der Waals surface area (Å²) in [5, 5.41) is 0. The van der Waals surface area contributed by atoms with Crippen molar-refractivity contribution < 1.29 is 0 Å². The summed E-state index contributed by atoms with van der Waals surface area (Å²) in [6.07, 6.45) is 7.85. The van der Waals surface area contributed by atoms with Gasteiger partial charge in [-0.3, -0.25) is 11.3 Å². The van der Waals surface area contributed by atoms with Crippen LogP contribution in [0.5, 0.6) is 0 Å². The summed E-state index contributed by atoms with van der Waals surface area (Å²) >= 11 is 0. The third kappa shape index (κ3) is 5.10. The first-order valence-electron chi connectivity index (χ1n) is 7.67. The maximum absolute atomic E-state index is 5.79.